The van der Waals surface area contributed by atoms with Crippen molar-refractivity contribution in [1.82, 2.24) is 0 Å². The summed E-state index contributed by atoms with van der Waals surface area (Å²) in [6.07, 6.45) is 0. The van der Waals surface area contributed by atoms with Crippen LogP contribution in [-0.4, -0.2) is 27.3 Å². The van der Waals surface area contributed by atoms with E-state index in [4.69, 9.17) is 16.0 Å². The van der Waals surface area contributed by atoms with Gasteiger partial charge in [0.15, 0.2) is 22.2 Å². The topological polar surface area (TPSA) is 12.5 Å². The molecule has 0 bridgehead atoms. The van der Waals surface area contributed by atoms with Gasteiger partial charge in [-0.25, -0.2) is 0 Å². The number of nitrogens with zero attached hydrogens (tertiary/aromatic N) is 1. The van der Waals surface area contributed by atoms with Crippen molar-refractivity contribution >= 4 is 47.6 Å². The standard InChI is InChI=1S/C28H49ClNOPSi2/c1-25(2,3)22-23(26(4,5)6)28(22,27(7,8)9)32-24(31-34(13,14)15)30(33(10,11)12)21-18-16-20(29)17-19-21/h16-19H,1-15H3. The van der Waals surface area contributed by atoms with Crippen LogP contribution in [0.2, 0.25) is 44.3 Å². The molecule has 0 fully saturated rings. The summed E-state index contributed by atoms with van der Waals surface area (Å²) in [6, 6.07) is 8.32. The van der Waals surface area contributed by atoms with Gasteiger partial charge in [0, 0.05) is 10.7 Å². The average molecular weight is 538 g/mol. The summed E-state index contributed by atoms with van der Waals surface area (Å²) in [4.78, 5) is 0. The van der Waals surface area contributed by atoms with Crippen LogP contribution in [0.15, 0.2) is 35.4 Å². The quantitative estimate of drug-likeness (QED) is 0.203. The summed E-state index contributed by atoms with van der Waals surface area (Å²) in [5, 5.41) is 0.743. The van der Waals surface area contributed by atoms with Crippen LogP contribution in [0, 0.1) is 16.2 Å². The molecule has 0 saturated heterocycles. The molecule has 192 valence electrons. The second kappa shape index (κ2) is 9.17. The van der Waals surface area contributed by atoms with Gasteiger partial charge >= 0.3 is 0 Å². The van der Waals surface area contributed by atoms with Gasteiger partial charge in [-0.2, -0.15) is 0 Å². The molecule has 1 aromatic carbocycles. The highest BCUT2D eigenvalue weighted by molar-refractivity contribution is 7.44. The number of halogens is 1. The highest BCUT2D eigenvalue weighted by Crippen LogP contribution is 2.73. The van der Waals surface area contributed by atoms with Gasteiger partial charge in [0.05, 0.1) is 5.16 Å². The molecule has 1 aromatic rings. The van der Waals surface area contributed by atoms with Crippen molar-refractivity contribution in [3.05, 3.63) is 40.4 Å². The number of benzene rings is 1. The SMILES string of the molecule is CC(C)(C)C1=C(C(C)(C)C)C1(P=C(O[Si](C)(C)C)N(c1ccc(Cl)cc1)[Si](C)(C)C)C(C)(C)C. The monoisotopic (exact) mass is 537 g/mol. The molecular weight excluding hydrogens is 489 g/mol. The molecule has 1 aliphatic rings. The van der Waals surface area contributed by atoms with Crippen LogP contribution in [0.4, 0.5) is 5.69 Å². The molecule has 1 aliphatic carbocycles. The van der Waals surface area contributed by atoms with Crippen LogP contribution < -0.4 is 4.57 Å². The smallest absolute Gasteiger partial charge is 0.193 e. The molecule has 2 nitrogen and oxygen atoms in total. The zero-order valence-electron chi connectivity index (χ0n) is 24.5. The lowest BCUT2D eigenvalue weighted by Crippen LogP contribution is -2.53. The number of anilines is 1. The van der Waals surface area contributed by atoms with Crippen molar-refractivity contribution in [3.63, 3.8) is 0 Å². The molecule has 0 unspecified atom stereocenters. The molecule has 2 rings (SSSR count). The minimum atomic E-state index is -1.88. The van der Waals surface area contributed by atoms with Crippen LogP contribution in [0.3, 0.4) is 0 Å². The Morgan fingerprint density at radius 2 is 1.21 bits per heavy atom. The van der Waals surface area contributed by atoms with E-state index in [-0.39, 0.29) is 21.4 Å². The van der Waals surface area contributed by atoms with Crippen LogP contribution >= 0.6 is 19.8 Å². The highest BCUT2D eigenvalue weighted by Gasteiger charge is 2.65. The first-order valence-electron chi connectivity index (χ1n) is 12.5. The molecule has 0 saturated carbocycles. The summed E-state index contributed by atoms with van der Waals surface area (Å²) < 4.78 is 9.60. The summed E-state index contributed by atoms with van der Waals surface area (Å²) in [5.74, 6) is 0. The van der Waals surface area contributed by atoms with Gasteiger partial charge in [0.2, 0.25) is 0 Å². The van der Waals surface area contributed by atoms with Gasteiger partial charge in [0.1, 0.15) is 0 Å². The lowest BCUT2D eigenvalue weighted by atomic mass is 9.77. The van der Waals surface area contributed by atoms with Gasteiger partial charge in [0.25, 0.3) is 0 Å². The van der Waals surface area contributed by atoms with Crippen molar-refractivity contribution < 1.29 is 4.43 Å². The summed E-state index contributed by atoms with van der Waals surface area (Å²) in [7, 11) is -2.46. The first-order chi connectivity index (χ1) is 14.9. The van der Waals surface area contributed by atoms with E-state index in [0.29, 0.717) is 0 Å². The van der Waals surface area contributed by atoms with E-state index >= 15 is 0 Å². The Kier molecular flexibility index (Phi) is 8.05. The maximum Gasteiger partial charge on any atom is 0.193 e. The van der Waals surface area contributed by atoms with Crippen molar-refractivity contribution in [2.75, 3.05) is 4.57 Å². The minimum Gasteiger partial charge on any atom is -0.370 e. The number of rotatable bonds is 6. The normalized spacial score (nSPS) is 17.8. The van der Waals surface area contributed by atoms with Crippen molar-refractivity contribution in [2.45, 2.75) is 107 Å². The molecular formula is C28H49ClNOPSi2. The van der Waals surface area contributed by atoms with E-state index in [2.05, 4.69) is 118 Å². The Morgan fingerprint density at radius 1 is 0.794 bits per heavy atom. The zero-order chi connectivity index (χ0) is 26.7. The maximum atomic E-state index is 7.05. The Hall–Kier alpha value is -0.386. The molecule has 0 aromatic heterocycles. The predicted molar refractivity (Wildman–Crippen MR) is 162 cm³/mol. The Bertz CT molecular complexity index is 939. The fraction of sp³-hybridized carbons (Fsp3) is 0.679. The molecule has 34 heavy (non-hydrogen) atoms. The molecule has 0 aliphatic heterocycles. The first-order valence-corrected chi connectivity index (χ1v) is 20.7. The largest absolute Gasteiger partial charge is 0.370 e. The summed E-state index contributed by atoms with van der Waals surface area (Å²) in [6.45, 7) is 35.6. The van der Waals surface area contributed by atoms with Crippen molar-refractivity contribution in [2.24, 2.45) is 16.2 Å². The molecule has 0 radical (unpaired) electrons. The van der Waals surface area contributed by atoms with E-state index in [1.165, 1.54) is 13.9 Å². The first kappa shape index (κ1) is 29.8. The van der Waals surface area contributed by atoms with Gasteiger partial charge in [-0.1, -0.05) is 93.6 Å². The maximum absolute atomic E-state index is 7.05. The molecule has 6 heteroatoms. The number of hydrogen-bond donors (Lipinski definition) is 0. The van der Waals surface area contributed by atoms with Crippen molar-refractivity contribution in [3.8, 4) is 0 Å². The fourth-order valence-electron chi connectivity index (χ4n) is 5.05. The number of allylic oxidation sites excluding steroid dienone is 2. The summed E-state index contributed by atoms with van der Waals surface area (Å²) >= 11 is 6.28. The average Bonchev–Trinajstić information content (AvgIpc) is 3.25. The molecule has 0 spiro atoms. The van der Waals surface area contributed by atoms with Crippen LogP contribution in [-0.2, 0) is 4.43 Å². The fourth-order valence-corrected chi connectivity index (χ4v) is 11.4. The van der Waals surface area contributed by atoms with Gasteiger partial charge in [-0.05, 0) is 79.5 Å². The van der Waals surface area contributed by atoms with E-state index in [1.807, 2.05) is 12.1 Å². The Balaban J connectivity index is 2.90. The van der Waals surface area contributed by atoms with Gasteiger partial charge in [-0.15, -0.1) is 0 Å². The van der Waals surface area contributed by atoms with Crippen LogP contribution in [0.5, 0.6) is 0 Å². The van der Waals surface area contributed by atoms with Crippen LogP contribution in [0.1, 0.15) is 62.3 Å². The summed E-state index contributed by atoms with van der Waals surface area (Å²) in [5.41, 5.74) is 5.82. The Morgan fingerprint density at radius 3 is 1.50 bits per heavy atom. The van der Waals surface area contributed by atoms with E-state index in [9.17, 15) is 0 Å². The van der Waals surface area contributed by atoms with Gasteiger partial charge < -0.3 is 8.99 Å². The predicted octanol–water partition coefficient (Wildman–Crippen LogP) is 10.1. The second-order valence-corrected chi connectivity index (χ2v) is 25.7. The molecule has 0 atom stereocenters. The third-order valence-electron chi connectivity index (χ3n) is 6.10. The van der Waals surface area contributed by atoms with E-state index < -0.39 is 16.6 Å². The molecule has 0 N–H and O–H groups in total. The second-order valence-electron chi connectivity index (χ2n) is 14.8. The Labute approximate surface area is 219 Å². The van der Waals surface area contributed by atoms with Gasteiger partial charge in [-0.3, -0.25) is 0 Å². The highest BCUT2D eigenvalue weighted by atomic mass is 35.5. The minimum absolute atomic E-state index is 0.0250. The third-order valence-corrected chi connectivity index (χ3v) is 11.3. The third kappa shape index (κ3) is 6.29. The lowest BCUT2D eigenvalue weighted by molar-refractivity contribution is 0.342. The molecule has 0 heterocycles. The van der Waals surface area contributed by atoms with Crippen LogP contribution in [0.25, 0.3) is 0 Å². The zero-order valence-corrected chi connectivity index (χ0v) is 28.1. The molecule has 0 amide bonds. The van der Waals surface area contributed by atoms with Crippen molar-refractivity contribution in [1.29, 1.82) is 0 Å². The van der Waals surface area contributed by atoms with E-state index in [0.717, 1.165) is 10.6 Å². The number of hydrogen-bond acceptors (Lipinski definition) is 1. The lowest BCUT2D eigenvalue weighted by Gasteiger charge is -2.42. The van der Waals surface area contributed by atoms with E-state index in [1.54, 1.807) is 11.1 Å².